The molecule has 2 aliphatic heterocycles. The monoisotopic (exact) mass is 314 g/mol. The highest BCUT2D eigenvalue weighted by atomic mass is 16.8. The Morgan fingerprint density at radius 2 is 2.14 bits per heavy atom. The lowest BCUT2D eigenvalue weighted by molar-refractivity contribution is -0.389. The molecule has 0 unspecified atom stereocenters. The minimum Gasteiger partial charge on any atom is -0.358 e. The second-order valence-corrected chi connectivity index (χ2v) is 5.90. The number of hydrogen-bond donors (Lipinski definition) is 0. The molecule has 0 N–H and O–H groups in total. The number of hydrogen-bond acceptors (Lipinski definition) is 7. The summed E-state index contributed by atoms with van der Waals surface area (Å²) in [5, 5.41) is 10.8. The van der Waals surface area contributed by atoms with Crippen molar-refractivity contribution >= 4 is 5.82 Å². The van der Waals surface area contributed by atoms with Crippen LogP contribution in [0.4, 0.5) is 5.82 Å². The molecule has 4 atom stereocenters. The summed E-state index contributed by atoms with van der Waals surface area (Å²) in [6, 6.07) is 0. The molecule has 3 heterocycles. The largest absolute Gasteiger partial charge is 0.381 e. The van der Waals surface area contributed by atoms with Gasteiger partial charge in [-0.3, -0.25) is 0 Å². The van der Waals surface area contributed by atoms with Crippen LogP contribution in [0.3, 0.4) is 0 Å². The van der Waals surface area contributed by atoms with Gasteiger partial charge < -0.3 is 33.6 Å². The van der Waals surface area contributed by atoms with Crippen molar-refractivity contribution in [3.8, 4) is 0 Å². The molecule has 1 aromatic heterocycles. The summed E-state index contributed by atoms with van der Waals surface area (Å²) in [6.07, 6.45) is -0.0566. The van der Waals surface area contributed by atoms with Crippen molar-refractivity contribution in [3.05, 3.63) is 22.1 Å². The standard InChI is InChI=1S/C13H19N3O6/c1-7-14-9(16(17)18)6-15(7)5-8-10-11(12(19-4)20-8)22-13(2,3)21-10/h6,8,10-12H,5H2,1-4H3/t8-,10-,11-,12-/m1/s1/i15+1. The van der Waals surface area contributed by atoms with Gasteiger partial charge >= 0.3 is 5.82 Å². The van der Waals surface area contributed by atoms with Gasteiger partial charge in [0, 0.05) is 14.0 Å². The van der Waals surface area contributed by atoms with Crippen LogP contribution in [0.1, 0.15) is 19.7 Å². The van der Waals surface area contributed by atoms with Crippen molar-refractivity contribution in [3.63, 3.8) is 0 Å². The first-order valence-electron chi connectivity index (χ1n) is 7.03. The highest BCUT2D eigenvalue weighted by Gasteiger charge is 2.55. The van der Waals surface area contributed by atoms with Crippen LogP contribution >= 0.6 is 0 Å². The molecule has 0 bridgehead atoms. The topological polar surface area (TPSA) is 97.9 Å². The van der Waals surface area contributed by atoms with Crippen LogP contribution in [0.15, 0.2) is 6.20 Å². The van der Waals surface area contributed by atoms with E-state index in [4.69, 9.17) is 18.9 Å². The molecule has 0 radical (unpaired) electrons. The van der Waals surface area contributed by atoms with Crippen LogP contribution in [0.2, 0.25) is 0 Å². The first kappa shape index (κ1) is 15.3. The van der Waals surface area contributed by atoms with Gasteiger partial charge in [0.05, 0.1) is 6.54 Å². The van der Waals surface area contributed by atoms with E-state index in [-0.39, 0.29) is 24.1 Å². The van der Waals surface area contributed by atoms with Gasteiger partial charge in [-0.05, 0) is 23.8 Å². The molecular weight excluding hydrogens is 295 g/mol. The average Bonchev–Trinajstić information content (AvgIpc) is 3.03. The fourth-order valence-corrected chi connectivity index (χ4v) is 2.94. The summed E-state index contributed by atoms with van der Waals surface area (Å²) in [7, 11) is 1.55. The van der Waals surface area contributed by atoms with Crippen molar-refractivity contribution in [2.24, 2.45) is 0 Å². The smallest absolute Gasteiger partial charge is 0.358 e. The van der Waals surface area contributed by atoms with E-state index in [1.165, 1.54) is 6.20 Å². The van der Waals surface area contributed by atoms with Crippen LogP contribution < -0.4 is 0 Å². The predicted molar refractivity (Wildman–Crippen MR) is 73.1 cm³/mol. The van der Waals surface area contributed by atoms with Gasteiger partial charge in [0.2, 0.25) is 5.82 Å². The molecule has 0 saturated carbocycles. The third-order valence-corrected chi connectivity index (χ3v) is 3.87. The van der Waals surface area contributed by atoms with Gasteiger partial charge in [0.25, 0.3) is 0 Å². The zero-order chi connectivity index (χ0) is 16.1. The number of ether oxygens (including phenoxy) is 4. The highest BCUT2D eigenvalue weighted by molar-refractivity contribution is 5.17. The van der Waals surface area contributed by atoms with E-state index in [0.29, 0.717) is 12.4 Å². The third kappa shape index (κ3) is 2.60. The summed E-state index contributed by atoms with van der Waals surface area (Å²) < 4.78 is 24.5. The molecule has 0 amide bonds. The van der Waals surface area contributed by atoms with Gasteiger partial charge in [-0.2, -0.15) is 0 Å². The minimum absolute atomic E-state index is 0.181. The quantitative estimate of drug-likeness (QED) is 0.603. The van der Waals surface area contributed by atoms with Crippen LogP contribution in [0.25, 0.3) is 0 Å². The minimum atomic E-state index is -0.704. The van der Waals surface area contributed by atoms with Crippen molar-refractivity contribution in [2.75, 3.05) is 7.11 Å². The van der Waals surface area contributed by atoms with Gasteiger partial charge in [-0.25, -0.2) is 0 Å². The SMILES string of the molecule is CO[C@@H]1O[C@H](C[15n]2cc([N+](=O)[O-])nc2C)[C@H]2OC(C)(C)O[C@@H]12. The van der Waals surface area contributed by atoms with Gasteiger partial charge in [0.15, 0.2) is 12.1 Å². The summed E-state index contributed by atoms with van der Waals surface area (Å²) >= 11 is 0. The second-order valence-electron chi connectivity index (χ2n) is 5.90. The molecule has 22 heavy (non-hydrogen) atoms. The number of imidazole rings is 1. The molecule has 3 rings (SSSR count). The number of nitro groups is 1. The average molecular weight is 314 g/mol. The summed E-state index contributed by atoms with van der Waals surface area (Å²) in [5.41, 5.74) is 0. The van der Waals surface area contributed by atoms with Gasteiger partial charge in [-0.1, -0.05) is 0 Å². The number of methoxy groups -OCH3 is 1. The molecule has 1 aromatic rings. The molecular formula is C13H19N3O6. The lowest BCUT2D eigenvalue weighted by atomic mass is 10.1. The normalized spacial score (nSPS) is 33.1. The summed E-state index contributed by atoms with van der Waals surface area (Å²) in [4.78, 5) is 14.2. The molecule has 2 fully saturated rings. The Morgan fingerprint density at radius 3 is 2.73 bits per heavy atom. The predicted octanol–water partition coefficient (Wildman–Crippen LogP) is 0.991. The molecule has 2 saturated heterocycles. The highest BCUT2D eigenvalue weighted by Crippen LogP contribution is 2.39. The lowest BCUT2D eigenvalue weighted by Crippen LogP contribution is -2.32. The molecule has 0 aliphatic carbocycles. The first-order valence-corrected chi connectivity index (χ1v) is 7.03. The van der Waals surface area contributed by atoms with E-state index in [0.717, 1.165) is 0 Å². The Kier molecular flexibility index (Phi) is 3.68. The number of rotatable bonds is 4. The van der Waals surface area contributed by atoms with Crippen molar-refractivity contribution in [1.82, 2.24) is 9.55 Å². The zero-order valence-electron chi connectivity index (χ0n) is 12.9. The Labute approximate surface area is 127 Å². The van der Waals surface area contributed by atoms with Crippen LogP contribution in [0, 0.1) is 17.0 Å². The molecule has 122 valence electrons. The summed E-state index contributed by atoms with van der Waals surface area (Å²) in [6.45, 7) is 5.77. The van der Waals surface area contributed by atoms with Gasteiger partial charge in [-0.15, -0.1) is 0 Å². The molecule has 0 aromatic carbocycles. The lowest BCUT2D eigenvalue weighted by Gasteiger charge is -2.23. The fraction of sp³-hybridized carbons (Fsp3) is 0.769. The van der Waals surface area contributed by atoms with E-state index in [2.05, 4.69) is 4.98 Å². The summed E-state index contributed by atoms with van der Waals surface area (Å²) in [5.74, 6) is -0.338. The number of aromatic nitrogens is 2. The van der Waals surface area contributed by atoms with E-state index in [1.807, 2.05) is 13.8 Å². The van der Waals surface area contributed by atoms with Crippen molar-refractivity contribution < 1.29 is 23.9 Å². The third-order valence-electron chi connectivity index (χ3n) is 3.87. The van der Waals surface area contributed by atoms with Gasteiger partial charge in [0.1, 0.15) is 24.5 Å². The molecule has 9 heteroatoms. The number of nitrogens with zero attached hydrogens (tertiary/aromatic N) is 3. The Balaban J connectivity index is 1.79. The van der Waals surface area contributed by atoms with Crippen LogP contribution in [-0.2, 0) is 25.5 Å². The van der Waals surface area contributed by atoms with Crippen LogP contribution in [0.5, 0.6) is 0 Å². The Morgan fingerprint density at radius 1 is 1.45 bits per heavy atom. The van der Waals surface area contributed by atoms with E-state index in [9.17, 15) is 10.1 Å². The maximum atomic E-state index is 10.8. The molecule has 2 aliphatic rings. The number of fused-ring (bicyclic) bond motifs is 1. The molecule has 0 spiro atoms. The maximum Gasteiger partial charge on any atom is 0.381 e. The Hall–Kier alpha value is -1.55. The second kappa shape index (κ2) is 5.27. The van der Waals surface area contributed by atoms with Crippen LogP contribution in [-0.4, -0.2) is 52.0 Å². The van der Waals surface area contributed by atoms with E-state index < -0.39 is 17.0 Å². The van der Waals surface area contributed by atoms with Crippen molar-refractivity contribution in [1.29, 1.82) is 0 Å². The van der Waals surface area contributed by atoms with E-state index in [1.54, 1.807) is 18.6 Å². The zero-order valence-corrected chi connectivity index (χ0v) is 12.9. The van der Waals surface area contributed by atoms with Crippen molar-refractivity contribution in [2.45, 2.75) is 57.7 Å². The Bertz CT molecular complexity index is 586. The first-order chi connectivity index (χ1) is 10.3. The molecule has 9 nitrogen and oxygen atoms in total. The maximum absolute atomic E-state index is 10.8. The fourth-order valence-electron chi connectivity index (χ4n) is 2.94. The number of aryl methyl sites for hydroxylation is 1. The van der Waals surface area contributed by atoms with E-state index >= 15 is 0 Å².